The van der Waals surface area contributed by atoms with Crippen molar-refractivity contribution in [1.29, 1.82) is 0 Å². The number of carbonyl (C=O) groups is 1. The molecule has 0 radical (unpaired) electrons. The number of rotatable bonds is 4. The van der Waals surface area contributed by atoms with Gasteiger partial charge in [0, 0.05) is 27.2 Å². The molecular weight excluding hydrogens is 330 g/mol. The highest BCUT2D eigenvalue weighted by molar-refractivity contribution is 5.98. The highest BCUT2D eigenvalue weighted by Gasteiger charge is 2.38. The van der Waals surface area contributed by atoms with Crippen LogP contribution in [0.1, 0.15) is 54.2 Å². The van der Waals surface area contributed by atoms with Crippen molar-refractivity contribution in [3.63, 3.8) is 0 Å². The molecule has 6 heteroatoms. The van der Waals surface area contributed by atoms with E-state index in [2.05, 4.69) is 18.7 Å². The number of carbonyl (C=O) groups excluding carboxylic acids is 1. The summed E-state index contributed by atoms with van der Waals surface area (Å²) in [6.45, 7) is 7.89. The maximum Gasteiger partial charge on any atom is 0.255 e. The predicted octanol–water partition coefficient (Wildman–Crippen LogP) is 2.37. The van der Waals surface area contributed by atoms with Gasteiger partial charge in [-0.3, -0.25) is 4.79 Å². The molecule has 3 heterocycles. The molecule has 0 bridgehead atoms. The molecule has 2 aliphatic heterocycles. The summed E-state index contributed by atoms with van der Waals surface area (Å²) < 4.78 is 6.13. The third-order valence-corrected chi connectivity index (χ3v) is 5.74. The number of nitrogens with zero attached hydrogens (tertiary/aromatic N) is 3. The van der Waals surface area contributed by atoms with Crippen LogP contribution in [-0.4, -0.2) is 60.9 Å². The van der Waals surface area contributed by atoms with Gasteiger partial charge in [0.1, 0.15) is 5.82 Å². The Morgan fingerprint density at radius 3 is 2.58 bits per heavy atom. The van der Waals surface area contributed by atoms with Crippen LogP contribution in [0.25, 0.3) is 0 Å². The van der Waals surface area contributed by atoms with Crippen LogP contribution in [0.3, 0.4) is 0 Å². The van der Waals surface area contributed by atoms with Crippen molar-refractivity contribution in [2.75, 3.05) is 38.8 Å². The number of anilines is 1. The normalized spacial score (nSPS) is 21.3. The number of hydrogen-bond donors (Lipinski definition) is 1. The highest BCUT2D eigenvalue weighted by Crippen LogP contribution is 2.45. The van der Waals surface area contributed by atoms with Crippen LogP contribution in [0.4, 0.5) is 5.82 Å². The summed E-state index contributed by atoms with van der Waals surface area (Å²) in [7, 11) is 2.84. The van der Waals surface area contributed by atoms with Gasteiger partial charge in [-0.05, 0) is 49.7 Å². The van der Waals surface area contributed by atoms with Gasteiger partial charge in [-0.2, -0.15) is 0 Å². The van der Waals surface area contributed by atoms with E-state index in [0.29, 0.717) is 18.1 Å². The van der Waals surface area contributed by atoms with E-state index >= 15 is 0 Å². The third-order valence-electron chi connectivity index (χ3n) is 5.74. The largest absolute Gasteiger partial charge is 0.400 e. The van der Waals surface area contributed by atoms with E-state index in [-0.39, 0.29) is 5.91 Å². The first kappa shape index (κ1) is 19.1. The molecular formula is C20H31N3O3. The smallest absolute Gasteiger partial charge is 0.255 e. The second-order valence-electron chi connectivity index (χ2n) is 8.09. The number of aryl methyl sites for hydroxylation is 1. The number of fused-ring (bicyclic) bond motifs is 1. The Balaban J connectivity index is 0.000000948. The van der Waals surface area contributed by atoms with E-state index < -0.39 is 0 Å². The topological polar surface area (TPSA) is 65.9 Å². The Kier molecular flexibility index (Phi) is 5.53. The van der Waals surface area contributed by atoms with E-state index in [1.807, 2.05) is 13.1 Å². The predicted molar refractivity (Wildman–Crippen MR) is 101 cm³/mol. The van der Waals surface area contributed by atoms with Gasteiger partial charge in [0.25, 0.3) is 5.91 Å². The van der Waals surface area contributed by atoms with E-state index in [0.717, 1.165) is 62.3 Å². The Bertz CT molecular complexity index is 665. The lowest BCUT2D eigenvalue weighted by Gasteiger charge is -2.34. The number of aromatic nitrogens is 1. The average Bonchev–Trinajstić information content (AvgIpc) is 3.33. The molecule has 26 heavy (non-hydrogen) atoms. The molecule has 1 saturated heterocycles. The van der Waals surface area contributed by atoms with Gasteiger partial charge >= 0.3 is 0 Å². The molecule has 1 N–H and O–H groups in total. The van der Waals surface area contributed by atoms with E-state index in [1.54, 1.807) is 4.90 Å². The number of hydrogen-bond acceptors (Lipinski definition) is 5. The lowest BCUT2D eigenvalue weighted by Crippen LogP contribution is -2.38. The van der Waals surface area contributed by atoms with Crippen molar-refractivity contribution < 1.29 is 14.6 Å². The molecule has 144 valence electrons. The summed E-state index contributed by atoms with van der Waals surface area (Å²) >= 11 is 0. The number of ether oxygens (including phenoxy) is 1. The minimum absolute atomic E-state index is 0.0906. The van der Waals surface area contributed by atoms with Gasteiger partial charge in [-0.1, -0.05) is 6.92 Å². The van der Waals surface area contributed by atoms with Crippen LogP contribution in [0, 0.1) is 12.3 Å². The zero-order valence-electron chi connectivity index (χ0n) is 16.4. The van der Waals surface area contributed by atoms with Crippen LogP contribution in [0.15, 0.2) is 6.07 Å². The fourth-order valence-corrected chi connectivity index (χ4v) is 3.68. The number of piperidine rings is 1. The maximum absolute atomic E-state index is 12.1. The fourth-order valence-electron chi connectivity index (χ4n) is 3.68. The van der Waals surface area contributed by atoms with Crippen molar-refractivity contribution in [2.45, 2.75) is 52.2 Å². The zero-order valence-corrected chi connectivity index (χ0v) is 16.4. The van der Waals surface area contributed by atoms with E-state index in [9.17, 15) is 4.79 Å². The van der Waals surface area contributed by atoms with Crippen molar-refractivity contribution in [3.8, 4) is 0 Å². The second kappa shape index (κ2) is 7.53. The number of amides is 1. The molecule has 1 aromatic heterocycles. The monoisotopic (exact) mass is 361 g/mol. The van der Waals surface area contributed by atoms with Crippen LogP contribution in [0.2, 0.25) is 0 Å². The molecule has 1 saturated carbocycles. The van der Waals surface area contributed by atoms with Crippen LogP contribution in [-0.2, 0) is 11.3 Å². The summed E-state index contributed by atoms with van der Waals surface area (Å²) in [6.07, 6.45) is 5.15. The summed E-state index contributed by atoms with van der Waals surface area (Å²) in [6, 6.07) is 2.01. The summed E-state index contributed by atoms with van der Waals surface area (Å²) in [5.74, 6) is 1.14. The van der Waals surface area contributed by atoms with Crippen molar-refractivity contribution >= 4 is 11.7 Å². The average molecular weight is 361 g/mol. The SMILES string of the molecule is CO.Cc1cc2c(nc1N1CCC(OCC3(C)CC3)CC1)CN(C)C2=O. The molecule has 3 aliphatic rings. The number of aliphatic hydroxyl groups is 1. The lowest BCUT2D eigenvalue weighted by molar-refractivity contribution is 0.0127. The Hall–Kier alpha value is -1.66. The Labute approximate surface area is 156 Å². The van der Waals surface area contributed by atoms with Gasteiger partial charge in [0.15, 0.2) is 0 Å². The molecule has 1 aliphatic carbocycles. The minimum atomic E-state index is 0.0906. The summed E-state index contributed by atoms with van der Waals surface area (Å²) in [5.41, 5.74) is 3.26. The van der Waals surface area contributed by atoms with Crippen LogP contribution < -0.4 is 4.90 Å². The maximum atomic E-state index is 12.1. The second-order valence-corrected chi connectivity index (χ2v) is 8.09. The molecule has 0 spiro atoms. The molecule has 6 nitrogen and oxygen atoms in total. The van der Waals surface area contributed by atoms with Crippen LogP contribution >= 0.6 is 0 Å². The van der Waals surface area contributed by atoms with Crippen molar-refractivity contribution in [3.05, 3.63) is 22.9 Å². The molecule has 0 aromatic carbocycles. The van der Waals surface area contributed by atoms with Crippen molar-refractivity contribution in [2.24, 2.45) is 5.41 Å². The minimum Gasteiger partial charge on any atom is -0.400 e. The molecule has 0 atom stereocenters. The summed E-state index contributed by atoms with van der Waals surface area (Å²) in [4.78, 5) is 21.0. The zero-order chi connectivity index (χ0) is 18.9. The van der Waals surface area contributed by atoms with E-state index in [4.69, 9.17) is 14.8 Å². The Morgan fingerprint density at radius 1 is 1.31 bits per heavy atom. The molecule has 4 rings (SSSR count). The van der Waals surface area contributed by atoms with E-state index in [1.165, 1.54) is 12.8 Å². The third kappa shape index (κ3) is 3.86. The first-order valence-electron chi connectivity index (χ1n) is 9.52. The number of aliphatic hydroxyl groups excluding tert-OH is 1. The molecule has 0 unspecified atom stereocenters. The van der Waals surface area contributed by atoms with Gasteiger partial charge in [0.05, 0.1) is 30.5 Å². The molecule has 1 amide bonds. The van der Waals surface area contributed by atoms with Gasteiger partial charge in [0.2, 0.25) is 0 Å². The van der Waals surface area contributed by atoms with Crippen LogP contribution in [0.5, 0.6) is 0 Å². The highest BCUT2D eigenvalue weighted by atomic mass is 16.5. The van der Waals surface area contributed by atoms with Gasteiger partial charge in [-0.25, -0.2) is 4.98 Å². The van der Waals surface area contributed by atoms with Gasteiger partial charge in [-0.15, -0.1) is 0 Å². The Morgan fingerprint density at radius 2 is 1.96 bits per heavy atom. The summed E-state index contributed by atoms with van der Waals surface area (Å²) in [5, 5.41) is 7.00. The quantitative estimate of drug-likeness (QED) is 0.892. The first-order valence-corrected chi connectivity index (χ1v) is 9.52. The lowest BCUT2D eigenvalue weighted by atomic mass is 10.1. The fraction of sp³-hybridized carbons (Fsp3) is 0.700. The molecule has 1 aromatic rings. The van der Waals surface area contributed by atoms with Crippen molar-refractivity contribution in [1.82, 2.24) is 9.88 Å². The van der Waals surface area contributed by atoms with Gasteiger partial charge < -0.3 is 19.6 Å². The molecule has 2 fully saturated rings. The standard InChI is InChI=1S/C19H27N3O2.CH4O/c1-13-10-15-16(11-21(3)18(15)23)20-17(13)22-8-4-14(5-9-22)24-12-19(2)6-7-19;1-2/h10,14H,4-9,11-12H2,1-3H3;2H,1H3. The number of pyridine rings is 1. The first-order chi connectivity index (χ1) is 12.5.